The van der Waals surface area contributed by atoms with Crippen LogP contribution >= 0.6 is 0 Å². The van der Waals surface area contributed by atoms with Gasteiger partial charge in [-0.15, -0.1) is 0 Å². The van der Waals surface area contributed by atoms with Crippen LogP contribution in [-0.2, 0) is 24.3 Å². The monoisotopic (exact) mass is 255 g/mol. The van der Waals surface area contributed by atoms with Gasteiger partial charge in [0.2, 0.25) is 10.0 Å². The lowest BCUT2D eigenvalue weighted by Crippen LogP contribution is -2.41. The van der Waals surface area contributed by atoms with E-state index in [4.69, 9.17) is 10.2 Å². The minimum atomic E-state index is -3.93. The first-order chi connectivity index (χ1) is 7.29. The number of carboxylic acids is 2. The van der Waals surface area contributed by atoms with Crippen molar-refractivity contribution < 1.29 is 33.0 Å². The summed E-state index contributed by atoms with van der Waals surface area (Å²) >= 11 is 0. The molecule has 16 heavy (non-hydrogen) atoms. The van der Waals surface area contributed by atoms with Crippen molar-refractivity contribution in [3.8, 4) is 0 Å². The average molecular weight is 255 g/mol. The highest BCUT2D eigenvalue weighted by Crippen LogP contribution is 2.01. The largest absolute Gasteiger partial charge is 0.480 e. The topological polar surface area (TPSA) is 121 Å². The van der Waals surface area contributed by atoms with E-state index in [9.17, 15) is 18.0 Å². The molecule has 0 aromatic heterocycles. The van der Waals surface area contributed by atoms with Crippen molar-refractivity contribution in [3.63, 3.8) is 0 Å². The van der Waals surface area contributed by atoms with Crippen molar-refractivity contribution in [1.29, 1.82) is 0 Å². The average Bonchev–Trinajstić information content (AvgIpc) is 2.12. The second kappa shape index (κ2) is 6.40. The Morgan fingerprint density at radius 1 is 1.19 bits per heavy atom. The zero-order chi connectivity index (χ0) is 12.8. The number of rotatable bonds is 8. The summed E-state index contributed by atoms with van der Waals surface area (Å²) < 4.78 is 27.9. The smallest absolute Gasteiger partial charge is 0.318 e. The normalized spacial score (nSPS) is 11.6. The molecule has 0 radical (unpaired) electrons. The van der Waals surface area contributed by atoms with Crippen LogP contribution in [0, 0.1) is 0 Å². The van der Waals surface area contributed by atoms with E-state index in [2.05, 4.69) is 4.74 Å². The Morgan fingerprint density at radius 2 is 1.62 bits per heavy atom. The van der Waals surface area contributed by atoms with Crippen LogP contribution in [0.2, 0.25) is 0 Å². The van der Waals surface area contributed by atoms with Gasteiger partial charge in [-0.05, 0) is 0 Å². The van der Waals surface area contributed by atoms with Crippen LogP contribution in [0.1, 0.15) is 0 Å². The lowest BCUT2D eigenvalue weighted by atomic mass is 10.6. The fraction of sp³-hybridized carbons (Fsp3) is 0.714. The molecule has 0 rings (SSSR count). The molecule has 0 amide bonds. The third-order valence-corrected chi connectivity index (χ3v) is 3.29. The van der Waals surface area contributed by atoms with Crippen LogP contribution in [-0.4, -0.2) is 67.4 Å². The van der Waals surface area contributed by atoms with Crippen LogP contribution in [0.25, 0.3) is 0 Å². The number of ether oxygens (including phenoxy) is 1. The SMILES string of the molecule is COCCS(=O)(=O)N(CC(=O)O)CC(=O)O. The minimum Gasteiger partial charge on any atom is -0.480 e. The predicted octanol–water partition coefficient (Wildman–Crippen LogP) is -1.57. The molecule has 0 aromatic carbocycles. The molecular formula is C7H13NO7S. The molecule has 9 heteroatoms. The van der Waals surface area contributed by atoms with E-state index in [1.165, 1.54) is 7.11 Å². The van der Waals surface area contributed by atoms with Gasteiger partial charge in [-0.2, -0.15) is 4.31 Å². The maximum absolute atomic E-state index is 11.5. The summed E-state index contributed by atoms with van der Waals surface area (Å²) in [4.78, 5) is 20.8. The number of sulfonamides is 1. The van der Waals surface area contributed by atoms with Gasteiger partial charge in [-0.3, -0.25) is 9.59 Å². The third-order valence-electron chi connectivity index (χ3n) is 1.56. The van der Waals surface area contributed by atoms with E-state index in [-0.39, 0.29) is 6.61 Å². The van der Waals surface area contributed by atoms with Crippen molar-refractivity contribution in [2.45, 2.75) is 0 Å². The Labute approximate surface area is 92.5 Å². The van der Waals surface area contributed by atoms with Crippen molar-refractivity contribution in [2.24, 2.45) is 0 Å². The Bertz CT molecular complexity index is 334. The number of carboxylic acid groups (broad SMARTS) is 2. The van der Waals surface area contributed by atoms with Crippen LogP contribution in [0.5, 0.6) is 0 Å². The molecule has 0 aliphatic carbocycles. The Balaban J connectivity index is 4.72. The van der Waals surface area contributed by atoms with E-state index in [1.807, 2.05) is 0 Å². The second-order valence-corrected chi connectivity index (χ2v) is 4.95. The molecule has 0 heterocycles. The molecular weight excluding hydrogens is 242 g/mol. The fourth-order valence-corrected chi connectivity index (χ4v) is 2.12. The van der Waals surface area contributed by atoms with Crippen molar-refractivity contribution in [2.75, 3.05) is 32.6 Å². The highest BCUT2D eigenvalue weighted by Gasteiger charge is 2.26. The van der Waals surface area contributed by atoms with E-state index >= 15 is 0 Å². The van der Waals surface area contributed by atoms with Crippen LogP contribution in [0.15, 0.2) is 0 Å². The highest BCUT2D eigenvalue weighted by atomic mass is 32.2. The van der Waals surface area contributed by atoms with E-state index < -0.39 is 40.8 Å². The van der Waals surface area contributed by atoms with Crippen LogP contribution in [0.4, 0.5) is 0 Å². The number of hydrogen-bond acceptors (Lipinski definition) is 5. The molecule has 0 bridgehead atoms. The molecule has 94 valence electrons. The molecule has 0 saturated carbocycles. The first kappa shape index (κ1) is 14.8. The third kappa shape index (κ3) is 5.63. The van der Waals surface area contributed by atoms with Gasteiger partial charge in [0.25, 0.3) is 0 Å². The number of hydrogen-bond donors (Lipinski definition) is 2. The number of carbonyl (C=O) groups is 2. The highest BCUT2D eigenvalue weighted by molar-refractivity contribution is 7.89. The van der Waals surface area contributed by atoms with E-state index in [0.29, 0.717) is 4.31 Å². The van der Waals surface area contributed by atoms with Gasteiger partial charge in [0.15, 0.2) is 0 Å². The molecule has 8 nitrogen and oxygen atoms in total. The first-order valence-electron chi connectivity index (χ1n) is 4.20. The standard InChI is InChI=1S/C7H13NO7S/c1-15-2-3-16(13,14)8(4-6(9)10)5-7(11)12/h2-5H2,1H3,(H,9,10)(H,11,12). The molecule has 0 unspecified atom stereocenters. The van der Waals surface area contributed by atoms with Gasteiger partial charge in [0.05, 0.1) is 12.4 Å². The van der Waals surface area contributed by atoms with Crippen molar-refractivity contribution >= 4 is 22.0 Å². The zero-order valence-electron chi connectivity index (χ0n) is 8.62. The van der Waals surface area contributed by atoms with Gasteiger partial charge < -0.3 is 14.9 Å². The van der Waals surface area contributed by atoms with Gasteiger partial charge in [0.1, 0.15) is 13.1 Å². The molecule has 0 aromatic rings. The number of aliphatic carboxylic acids is 2. The summed E-state index contributed by atoms with van der Waals surface area (Å²) in [7, 11) is -2.64. The molecule has 0 aliphatic rings. The minimum absolute atomic E-state index is 0.127. The predicted molar refractivity (Wildman–Crippen MR) is 52.5 cm³/mol. The molecule has 0 spiro atoms. The second-order valence-electron chi connectivity index (χ2n) is 2.86. The quantitative estimate of drug-likeness (QED) is 0.537. The first-order valence-corrected chi connectivity index (χ1v) is 5.81. The van der Waals surface area contributed by atoms with Gasteiger partial charge in [-0.25, -0.2) is 8.42 Å². The zero-order valence-corrected chi connectivity index (χ0v) is 9.44. The number of nitrogens with zero attached hydrogens (tertiary/aromatic N) is 1. The lowest BCUT2D eigenvalue weighted by molar-refractivity contribution is -0.139. The van der Waals surface area contributed by atoms with Crippen LogP contribution in [0.3, 0.4) is 0 Å². The molecule has 0 saturated heterocycles. The fourth-order valence-electron chi connectivity index (χ4n) is 0.872. The van der Waals surface area contributed by atoms with E-state index in [1.54, 1.807) is 0 Å². The molecule has 2 N–H and O–H groups in total. The van der Waals surface area contributed by atoms with Gasteiger partial charge in [-0.1, -0.05) is 0 Å². The van der Waals surface area contributed by atoms with Gasteiger partial charge in [0, 0.05) is 7.11 Å². The maximum Gasteiger partial charge on any atom is 0.318 e. The molecule has 0 fully saturated rings. The maximum atomic E-state index is 11.5. The van der Waals surface area contributed by atoms with Crippen molar-refractivity contribution in [3.05, 3.63) is 0 Å². The Hall–Kier alpha value is -1.19. The lowest BCUT2D eigenvalue weighted by Gasteiger charge is -2.17. The number of methoxy groups -OCH3 is 1. The Kier molecular flexibility index (Phi) is 5.93. The summed E-state index contributed by atoms with van der Waals surface area (Å²) in [6, 6.07) is 0. The van der Waals surface area contributed by atoms with E-state index in [0.717, 1.165) is 0 Å². The van der Waals surface area contributed by atoms with Crippen molar-refractivity contribution in [1.82, 2.24) is 4.31 Å². The summed E-state index contributed by atoms with van der Waals surface area (Å²) in [6.07, 6.45) is 0. The summed E-state index contributed by atoms with van der Waals surface area (Å²) in [6.45, 7) is -1.88. The summed E-state index contributed by atoms with van der Waals surface area (Å²) in [5.41, 5.74) is 0. The summed E-state index contributed by atoms with van der Waals surface area (Å²) in [5, 5.41) is 16.9. The van der Waals surface area contributed by atoms with Crippen LogP contribution < -0.4 is 0 Å². The Morgan fingerprint density at radius 3 is 1.94 bits per heavy atom. The molecule has 0 atom stereocenters. The van der Waals surface area contributed by atoms with Gasteiger partial charge >= 0.3 is 11.9 Å². The summed E-state index contributed by atoms with van der Waals surface area (Å²) in [5.74, 6) is -3.28. The molecule has 0 aliphatic heterocycles.